The van der Waals surface area contributed by atoms with Gasteiger partial charge in [-0.15, -0.1) is 0 Å². The summed E-state index contributed by atoms with van der Waals surface area (Å²) in [4.78, 5) is 35.6. The fourth-order valence-electron chi connectivity index (χ4n) is 3.54. The molecule has 2 atom stereocenters. The number of rotatable bonds is 8. The quantitative estimate of drug-likeness (QED) is 0.688. The molecule has 0 aliphatic heterocycles. The van der Waals surface area contributed by atoms with Crippen LogP contribution in [-0.4, -0.2) is 24.0 Å². The minimum atomic E-state index is -1.31. The van der Waals surface area contributed by atoms with Gasteiger partial charge in [-0.1, -0.05) is 19.8 Å². The first-order valence-corrected chi connectivity index (χ1v) is 9.67. The predicted octanol–water partition coefficient (Wildman–Crippen LogP) is 1.47. The zero-order valence-corrected chi connectivity index (χ0v) is 16.1. The Morgan fingerprint density at radius 1 is 1.29 bits per heavy atom. The largest absolute Gasteiger partial charge is 0.548 e. The molecule has 28 heavy (non-hydrogen) atoms. The number of aryl methyl sites for hydroxylation is 1. The molecule has 0 fully saturated rings. The number of amides is 1. The maximum atomic E-state index is 12.3. The van der Waals surface area contributed by atoms with Crippen LogP contribution in [0, 0.1) is 0 Å². The summed E-state index contributed by atoms with van der Waals surface area (Å²) < 4.78 is 11.0. The first-order chi connectivity index (χ1) is 13.4. The summed E-state index contributed by atoms with van der Waals surface area (Å²) in [7, 11) is 0. The van der Waals surface area contributed by atoms with Crippen molar-refractivity contribution in [2.45, 2.75) is 64.5 Å². The average molecular weight is 386 g/mol. The van der Waals surface area contributed by atoms with E-state index in [4.69, 9.17) is 9.15 Å². The molecule has 150 valence electrons. The Bertz CT molecular complexity index is 948. The molecule has 2 aromatic rings. The Morgan fingerprint density at radius 2 is 2.04 bits per heavy atom. The van der Waals surface area contributed by atoms with Gasteiger partial charge in [0.05, 0.1) is 12.0 Å². The average Bonchev–Trinajstić information content (AvgIpc) is 3.15. The summed E-state index contributed by atoms with van der Waals surface area (Å²) in [5.74, 6) is -1.48. The van der Waals surface area contributed by atoms with Crippen LogP contribution < -0.4 is 20.8 Å². The molecule has 1 heterocycles. The second kappa shape index (κ2) is 8.46. The lowest BCUT2D eigenvalue weighted by atomic mass is 10.1. The molecule has 1 aliphatic carbocycles. The second-order valence-corrected chi connectivity index (χ2v) is 7.14. The highest BCUT2D eigenvalue weighted by atomic mass is 16.5. The molecule has 0 unspecified atom stereocenters. The number of aliphatic carboxylic acids is 1. The van der Waals surface area contributed by atoms with Gasteiger partial charge >= 0.3 is 5.63 Å². The number of nitrogens with one attached hydrogen (secondary N) is 1. The minimum Gasteiger partial charge on any atom is -0.548 e. The van der Waals surface area contributed by atoms with Crippen LogP contribution >= 0.6 is 0 Å². The van der Waals surface area contributed by atoms with Gasteiger partial charge in [-0.3, -0.25) is 4.79 Å². The van der Waals surface area contributed by atoms with E-state index < -0.39 is 24.0 Å². The number of carbonyl (C=O) groups is 2. The molecule has 0 saturated carbocycles. The van der Waals surface area contributed by atoms with Gasteiger partial charge in [-0.2, -0.15) is 0 Å². The number of benzene rings is 1. The molecule has 1 amide bonds. The van der Waals surface area contributed by atoms with Crippen molar-refractivity contribution < 1.29 is 23.8 Å². The summed E-state index contributed by atoms with van der Waals surface area (Å²) in [6.07, 6.45) is 3.40. The van der Waals surface area contributed by atoms with Crippen LogP contribution in [0.2, 0.25) is 0 Å². The zero-order valence-electron chi connectivity index (χ0n) is 16.1. The Morgan fingerprint density at radius 3 is 2.75 bits per heavy atom. The number of carbonyl (C=O) groups excluding carboxylic acids is 2. The van der Waals surface area contributed by atoms with E-state index in [1.54, 1.807) is 12.1 Å². The van der Waals surface area contributed by atoms with E-state index in [0.717, 1.165) is 42.2 Å². The third kappa shape index (κ3) is 4.18. The fraction of sp³-hybridized carbons (Fsp3) is 0.476. The van der Waals surface area contributed by atoms with Crippen LogP contribution in [0.4, 0.5) is 0 Å². The zero-order chi connectivity index (χ0) is 20.3. The van der Waals surface area contributed by atoms with Gasteiger partial charge in [0.1, 0.15) is 11.3 Å². The monoisotopic (exact) mass is 386 g/mol. The van der Waals surface area contributed by atoms with Crippen molar-refractivity contribution in [3.05, 3.63) is 39.7 Å². The number of ether oxygens (including phenoxy) is 1. The maximum Gasteiger partial charge on any atom is 0.339 e. The molecule has 0 bridgehead atoms. The molecule has 1 N–H and O–H groups in total. The molecule has 0 radical (unpaired) electrons. The molecule has 1 aliphatic rings. The molecular formula is C21H24NO6-. The van der Waals surface area contributed by atoms with Crippen molar-refractivity contribution in [1.82, 2.24) is 5.32 Å². The van der Waals surface area contributed by atoms with Gasteiger partial charge in [0.15, 0.2) is 6.10 Å². The van der Waals surface area contributed by atoms with Crippen LogP contribution in [-0.2, 0) is 22.4 Å². The van der Waals surface area contributed by atoms with E-state index in [1.165, 1.54) is 6.92 Å². The van der Waals surface area contributed by atoms with Crippen molar-refractivity contribution in [3.63, 3.8) is 0 Å². The van der Waals surface area contributed by atoms with Crippen LogP contribution in [0.15, 0.2) is 27.4 Å². The maximum absolute atomic E-state index is 12.3. The molecular weight excluding hydrogens is 362 g/mol. The Labute approximate surface area is 162 Å². The number of hydrogen-bond donors (Lipinski definition) is 1. The van der Waals surface area contributed by atoms with E-state index in [2.05, 4.69) is 5.32 Å². The summed E-state index contributed by atoms with van der Waals surface area (Å²) in [6.45, 7) is 3.47. The summed E-state index contributed by atoms with van der Waals surface area (Å²) in [5.41, 5.74) is 1.87. The Balaban J connectivity index is 1.73. The lowest BCUT2D eigenvalue weighted by molar-refractivity contribution is -0.308. The van der Waals surface area contributed by atoms with E-state index >= 15 is 0 Å². The lowest BCUT2D eigenvalue weighted by Crippen LogP contribution is -2.51. The van der Waals surface area contributed by atoms with Crippen molar-refractivity contribution in [2.24, 2.45) is 0 Å². The molecule has 7 heteroatoms. The minimum absolute atomic E-state index is 0.309. The summed E-state index contributed by atoms with van der Waals surface area (Å²) in [5, 5.41) is 14.5. The van der Waals surface area contributed by atoms with Crippen LogP contribution in [0.5, 0.6) is 5.75 Å². The van der Waals surface area contributed by atoms with Crippen LogP contribution in [0.1, 0.15) is 50.7 Å². The van der Waals surface area contributed by atoms with Gasteiger partial charge in [0.2, 0.25) is 0 Å². The van der Waals surface area contributed by atoms with E-state index in [0.29, 0.717) is 24.2 Å². The number of hydrogen-bond acceptors (Lipinski definition) is 6. The smallest absolute Gasteiger partial charge is 0.339 e. The second-order valence-electron chi connectivity index (χ2n) is 7.14. The van der Waals surface area contributed by atoms with Gasteiger partial charge in [-0.25, -0.2) is 4.79 Å². The molecule has 0 saturated heterocycles. The number of carboxylic acids is 1. The third-order valence-electron chi connectivity index (χ3n) is 5.07. The molecule has 7 nitrogen and oxygen atoms in total. The van der Waals surface area contributed by atoms with Crippen molar-refractivity contribution in [1.29, 1.82) is 0 Å². The Hall–Kier alpha value is -2.83. The third-order valence-corrected chi connectivity index (χ3v) is 5.07. The van der Waals surface area contributed by atoms with Crippen LogP contribution in [0.3, 0.4) is 0 Å². The van der Waals surface area contributed by atoms with Crippen molar-refractivity contribution in [2.75, 3.05) is 0 Å². The first-order valence-electron chi connectivity index (χ1n) is 9.67. The summed E-state index contributed by atoms with van der Waals surface area (Å²) >= 11 is 0. The van der Waals surface area contributed by atoms with Crippen molar-refractivity contribution in [3.8, 4) is 5.75 Å². The van der Waals surface area contributed by atoms with E-state index in [9.17, 15) is 19.5 Å². The molecule has 0 spiro atoms. The summed E-state index contributed by atoms with van der Waals surface area (Å²) in [6, 6.07) is 4.09. The highest BCUT2D eigenvalue weighted by Crippen LogP contribution is 2.29. The first kappa shape index (κ1) is 19.9. The van der Waals surface area contributed by atoms with E-state index in [-0.39, 0.29) is 5.63 Å². The highest BCUT2D eigenvalue weighted by molar-refractivity contribution is 5.86. The van der Waals surface area contributed by atoms with Gasteiger partial charge in [-0.05, 0) is 50.3 Å². The van der Waals surface area contributed by atoms with Gasteiger partial charge in [0, 0.05) is 17.0 Å². The molecule has 3 rings (SSSR count). The standard InChI is InChI=1S/C21H25NO6/c1-3-4-8-17(20(24)25)22-19(23)12(2)27-13-9-10-15-14-6-5-7-16(14)21(26)28-18(15)11-13/h9-12,17H,3-8H2,1-2H3,(H,22,23)(H,24,25)/p-1/t12-,17+/m0/s1. The normalized spacial score (nSPS) is 15.1. The molecule has 1 aromatic carbocycles. The van der Waals surface area contributed by atoms with Gasteiger partial charge in [0.25, 0.3) is 5.91 Å². The number of carboxylic acid groups (broad SMARTS) is 1. The van der Waals surface area contributed by atoms with Crippen LogP contribution in [0.25, 0.3) is 11.0 Å². The number of unbranched alkanes of at least 4 members (excludes halogenated alkanes) is 1. The predicted molar refractivity (Wildman–Crippen MR) is 101 cm³/mol. The topological polar surface area (TPSA) is 109 Å². The van der Waals surface area contributed by atoms with Gasteiger partial charge < -0.3 is 24.4 Å². The number of fused-ring (bicyclic) bond motifs is 3. The fourth-order valence-corrected chi connectivity index (χ4v) is 3.54. The van der Waals surface area contributed by atoms with E-state index in [1.807, 2.05) is 13.0 Å². The molecule has 1 aromatic heterocycles. The van der Waals surface area contributed by atoms with Crippen molar-refractivity contribution >= 4 is 22.8 Å². The SMILES string of the molecule is CCCC[C@@H](NC(=O)[C@H](C)Oc1ccc2c3c(c(=O)oc2c1)CCC3)C(=O)[O-]. The Kier molecular flexibility index (Phi) is 6.02. The lowest BCUT2D eigenvalue weighted by Gasteiger charge is -2.22. The highest BCUT2D eigenvalue weighted by Gasteiger charge is 2.22.